The van der Waals surface area contributed by atoms with Gasteiger partial charge < -0.3 is 0 Å². The van der Waals surface area contributed by atoms with E-state index in [1.54, 1.807) is 6.92 Å². The standard InChI is InChI=1S/C11H12N2O/c1-6-4-9-10(5-7(6)2)13-11(14)8(3)12-9/h4-5,9H,1-3H3. The number of carbonyl (C=O) groups excluding carboxylic acids is 1. The normalized spacial score (nSPS) is 25.9. The zero-order valence-corrected chi connectivity index (χ0v) is 8.53. The van der Waals surface area contributed by atoms with Gasteiger partial charge in [-0.05, 0) is 38.0 Å². The van der Waals surface area contributed by atoms with E-state index in [1.807, 2.05) is 26.0 Å². The Bertz CT molecular complexity index is 425. The summed E-state index contributed by atoms with van der Waals surface area (Å²) in [6.07, 6.45) is 3.98. The third-order valence-corrected chi connectivity index (χ3v) is 2.57. The van der Waals surface area contributed by atoms with Gasteiger partial charge in [0, 0.05) is 0 Å². The van der Waals surface area contributed by atoms with Gasteiger partial charge in [0.25, 0.3) is 5.91 Å². The molecule has 0 aromatic rings. The Kier molecular flexibility index (Phi) is 1.95. The second-order valence-electron chi connectivity index (χ2n) is 3.68. The number of nitrogens with zero attached hydrogens (tertiary/aromatic N) is 2. The van der Waals surface area contributed by atoms with Gasteiger partial charge in [0.15, 0.2) is 0 Å². The maximum atomic E-state index is 11.3. The lowest BCUT2D eigenvalue weighted by molar-refractivity contribution is -0.111. The lowest BCUT2D eigenvalue weighted by Crippen LogP contribution is -2.28. The van der Waals surface area contributed by atoms with Crippen molar-refractivity contribution in [1.82, 2.24) is 0 Å². The molecule has 1 atom stereocenters. The highest BCUT2D eigenvalue weighted by molar-refractivity contribution is 6.42. The number of fused-ring (bicyclic) bond motifs is 1. The number of hydrogen-bond donors (Lipinski definition) is 0. The molecular formula is C11H12N2O. The molecule has 1 aliphatic carbocycles. The van der Waals surface area contributed by atoms with Gasteiger partial charge in [0.2, 0.25) is 0 Å². The van der Waals surface area contributed by atoms with Crippen LogP contribution in [0.3, 0.4) is 0 Å². The molecule has 1 amide bonds. The second kappa shape index (κ2) is 3.01. The summed E-state index contributed by atoms with van der Waals surface area (Å²) < 4.78 is 0. The van der Waals surface area contributed by atoms with Crippen molar-refractivity contribution in [1.29, 1.82) is 0 Å². The summed E-state index contributed by atoms with van der Waals surface area (Å²) in [5.41, 5.74) is 3.63. The van der Waals surface area contributed by atoms with Crippen LogP contribution >= 0.6 is 0 Å². The molecule has 3 heteroatoms. The third-order valence-electron chi connectivity index (χ3n) is 2.57. The Hall–Kier alpha value is -1.51. The average molecular weight is 188 g/mol. The molecule has 0 bridgehead atoms. The van der Waals surface area contributed by atoms with Gasteiger partial charge >= 0.3 is 0 Å². The van der Waals surface area contributed by atoms with Gasteiger partial charge in [-0.1, -0.05) is 6.08 Å². The molecule has 0 aromatic carbocycles. The van der Waals surface area contributed by atoms with Crippen LogP contribution in [0.2, 0.25) is 0 Å². The van der Waals surface area contributed by atoms with Crippen molar-refractivity contribution in [2.24, 2.45) is 9.98 Å². The maximum Gasteiger partial charge on any atom is 0.290 e. The highest BCUT2D eigenvalue weighted by Crippen LogP contribution is 2.20. The summed E-state index contributed by atoms with van der Waals surface area (Å²) in [7, 11) is 0. The van der Waals surface area contributed by atoms with E-state index < -0.39 is 0 Å². The smallest absolute Gasteiger partial charge is 0.270 e. The Balaban J connectivity index is 2.45. The largest absolute Gasteiger partial charge is 0.290 e. The van der Waals surface area contributed by atoms with E-state index in [4.69, 9.17) is 0 Å². The number of amides is 1. The Morgan fingerprint density at radius 3 is 2.64 bits per heavy atom. The highest BCUT2D eigenvalue weighted by Gasteiger charge is 2.23. The Labute approximate surface area is 82.9 Å². The second-order valence-corrected chi connectivity index (χ2v) is 3.68. The molecule has 0 aromatic heterocycles. The van der Waals surface area contributed by atoms with Crippen molar-refractivity contribution >= 4 is 17.3 Å². The van der Waals surface area contributed by atoms with E-state index in [0.29, 0.717) is 5.71 Å². The molecule has 1 heterocycles. The molecule has 0 spiro atoms. The van der Waals surface area contributed by atoms with Gasteiger partial charge in [0.05, 0.1) is 11.4 Å². The molecule has 0 N–H and O–H groups in total. The summed E-state index contributed by atoms with van der Waals surface area (Å²) in [6.45, 7) is 5.76. The first-order valence-corrected chi connectivity index (χ1v) is 4.62. The summed E-state index contributed by atoms with van der Waals surface area (Å²) in [4.78, 5) is 19.6. The average Bonchev–Trinajstić information content (AvgIpc) is 2.11. The minimum absolute atomic E-state index is 0.0450. The van der Waals surface area contributed by atoms with Crippen molar-refractivity contribution in [3.05, 3.63) is 23.3 Å². The van der Waals surface area contributed by atoms with Crippen LogP contribution in [0.1, 0.15) is 20.8 Å². The molecule has 0 saturated carbocycles. The molecule has 2 rings (SSSR count). The van der Waals surface area contributed by atoms with Crippen molar-refractivity contribution in [2.75, 3.05) is 0 Å². The van der Waals surface area contributed by atoms with Crippen molar-refractivity contribution < 1.29 is 4.79 Å². The van der Waals surface area contributed by atoms with E-state index >= 15 is 0 Å². The number of hydrogen-bond acceptors (Lipinski definition) is 2. The maximum absolute atomic E-state index is 11.3. The summed E-state index contributed by atoms with van der Waals surface area (Å²) >= 11 is 0. The molecule has 1 unspecified atom stereocenters. The van der Waals surface area contributed by atoms with Gasteiger partial charge in [-0.15, -0.1) is 0 Å². The minimum atomic E-state index is -0.215. The fourth-order valence-corrected chi connectivity index (χ4v) is 1.54. The molecule has 3 nitrogen and oxygen atoms in total. The first kappa shape index (κ1) is 9.06. The molecule has 1 aliphatic heterocycles. The zero-order chi connectivity index (χ0) is 10.3. The first-order valence-electron chi connectivity index (χ1n) is 4.62. The van der Waals surface area contributed by atoms with E-state index in [-0.39, 0.29) is 11.9 Å². The molecule has 0 radical (unpaired) electrons. The lowest BCUT2D eigenvalue weighted by Gasteiger charge is -2.20. The summed E-state index contributed by atoms with van der Waals surface area (Å²) in [5.74, 6) is -0.215. The van der Waals surface area contributed by atoms with Gasteiger partial charge in [0.1, 0.15) is 6.04 Å². The quantitative estimate of drug-likeness (QED) is 0.570. The van der Waals surface area contributed by atoms with Crippen LogP contribution < -0.4 is 0 Å². The molecule has 14 heavy (non-hydrogen) atoms. The van der Waals surface area contributed by atoms with Crippen LogP contribution in [0.4, 0.5) is 0 Å². The highest BCUT2D eigenvalue weighted by atomic mass is 16.1. The molecule has 0 fully saturated rings. The summed E-state index contributed by atoms with van der Waals surface area (Å²) in [5, 5.41) is 0. The van der Waals surface area contributed by atoms with Crippen molar-refractivity contribution in [2.45, 2.75) is 26.8 Å². The van der Waals surface area contributed by atoms with E-state index in [2.05, 4.69) is 9.98 Å². The summed E-state index contributed by atoms with van der Waals surface area (Å²) in [6, 6.07) is -0.0450. The van der Waals surface area contributed by atoms with Gasteiger partial charge in [-0.3, -0.25) is 9.79 Å². The van der Waals surface area contributed by atoms with Gasteiger partial charge in [-0.2, -0.15) is 0 Å². The molecule has 2 aliphatic rings. The minimum Gasteiger partial charge on any atom is -0.270 e. The van der Waals surface area contributed by atoms with E-state index in [9.17, 15) is 4.79 Å². The molecule has 72 valence electrons. The van der Waals surface area contributed by atoms with Crippen molar-refractivity contribution in [3.8, 4) is 0 Å². The topological polar surface area (TPSA) is 41.8 Å². The van der Waals surface area contributed by atoms with Crippen LogP contribution in [0.5, 0.6) is 0 Å². The number of carbonyl (C=O) groups is 1. The lowest BCUT2D eigenvalue weighted by atomic mass is 9.95. The fourth-order valence-electron chi connectivity index (χ4n) is 1.54. The SMILES string of the molecule is CC1=CC2=NC(=O)C(C)=NC2C=C1C. The molecule has 0 saturated heterocycles. The number of allylic oxidation sites excluding steroid dienone is 2. The first-order chi connectivity index (χ1) is 6.58. The predicted octanol–water partition coefficient (Wildman–Crippen LogP) is 1.70. The van der Waals surface area contributed by atoms with Crippen LogP contribution in [-0.2, 0) is 4.79 Å². The van der Waals surface area contributed by atoms with Gasteiger partial charge in [-0.25, -0.2) is 4.99 Å². The third kappa shape index (κ3) is 1.35. The Morgan fingerprint density at radius 2 is 1.93 bits per heavy atom. The Morgan fingerprint density at radius 1 is 1.21 bits per heavy atom. The number of aliphatic imine (C=N–C) groups is 2. The van der Waals surface area contributed by atoms with Crippen molar-refractivity contribution in [3.63, 3.8) is 0 Å². The molecular weight excluding hydrogens is 176 g/mol. The van der Waals surface area contributed by atoms with E-state index in [0.717, 1.165) is 11.3 Å². The fraction of sp³-hybridized carbons (Fsp3) is 0.364. The van der Waals surface area contributed by atoms with Crippen LogP contribution in [0.15, 0.2) is 33.3 Å². The van der Waals surface area contributed by atoms with Crippen LogP contribution in [-0.4, -0.2) is 23.4 Å². The van der Waals surface area contributed by atoms with E-state index in [1.165, 1.54) is 5.57 Å². The predicted molar refractivity (Wildman–Crippen MR) is 56.9 cm³/mol. The van der Waals surface area contributed by atoms with Crippen LogP contribution in [0.25, 0.3) is 0 Å². The number of rotatable bonds is 0. The monoisotopic (exact) mass is 188 g/mol. The zero-order valence-electron chi connectivity index (χ0n) is 8.53. The van der Waals surface area contributed by atoms with Crippen LogP contribution in [0, 0.1) is 0 Å².